The summed E-state index contributed by atoms with van der Waals surface area (Å²) in [5, 5.41) is 11.4. The molecule has 1 saturated heterocycles. The third-order valence-electron chi connectivity index (χ3n) is 7.56. The number of carbonyl (C=O) groups excluding carboxylic acids is 3. The number of cyclic esters (lactones) is 1. The van der Waals surface area contributed by atoms with Crippen molar-refractivity contribution >= 4 is 17.9 Å². The summed E-state index contributed by atoms with van der Waals surface area (Å²) < 4.78 is 21.3. The predicted octanol–water partition coefficient (Wildman–Crippen LogP) is 2.71. The second-order valence-electron chi connectivity index (χ2n) is 9.32. The van der Waals surface area contributed by atoms with Gasteiger partial charge in [0.05, 0.1) is 31.7 Å². The highest BCUT2D eigenvalue weighted by atomic mass is 16.6. The van der Waals surface area contributed by atoms with Gasteiger partial charge < -0.3 is 23.7 Å². The zero-order valence-electron chi connectivity index (χ0n) is 18.1. The number of furan rings is 1. The van der Waals surface area contributed by atoms with E-state index < -0.39 is 52.9 Å². The van der Waals surface area contributed by atoms with Crippen molar-refractivity contribution in [2.24, 2.45) is 22.7 Å². The average molecular weight is 432 g/mol. The van der Waals surface area contributed by atoms with Crippen LogP contribution < -0.4 is 0 Å². The molecule has 2 aliphatic carbocycles. The number of methoxy groups -OCH3 is 1. The van der Waals surface area contributed by atoms with Crippen molar-refractivity contribution in [2.75, 3.05) is 7.11 Å². The van der Waals surface area contributed by atoms with Crippen LogP contribution in [0, 0.1) is 22.7 Å². The van der Waals surface area contributed by atoms with Gasteiger partial charge in [-0.25, -0.2) is 4.79 Å². The molecule has 1 aliphatic heterocycles. The van der Waals surface area contributed by atoms with Gasteiger partial charge in [-0.05, 0) is 36.8 Å². The third kappa shape index (κ3) is 3.28. The molecule has 0 aromatic carbocycles. The van der Waals surface area contributed by atoms with Gasteiger partial charge >= 0.3 is 17.9 Å². The molecule has 0 radical (unpaired) electrons. The lowest BCUT2D eigenvalue weighted by atomic mass is 9.44. The van der Waals surface area contributed by atoms with E-state index in [1.165, 1.54) is 26.4 Å². The van der Waals surface area contributed by atoms with Crippen LogP contribution >= 0.6 is 0 Å². The van der Waals surface area contributed by atoms with Gasteiger partial charge in [0, 0.05) is 29.4 Å². The molecule has 1 N–H and O–H groups in total. The van der Waals surface area contributed by atoms with Crippen LogP contribution in [-0.4, -0.2) is 42.3 Å². The number of aliphatic hydroxyl groups is 1. The lowest BCUT2D eigenvalue weighted by Crippen LogP contribution is -2.63. The van der Waals surface area contributed by atoms with Crippen LogP contribution in [0.15, 0.2) is 34.7 Å². The molecule has 8 heteroatoms. The minimum atomic E-state index is -1.09. The number of rotatable bonds is 3. The van der Waals surface area contributed by atoms with E-state index >= 15 is 0 Å². The van der Waals surface area contributed by atoms with Crippen LogP contribution in [0.5, 0.6) is 0 Å². The minimum absolute atomic E-state index is 0.326. The first-order chi connectivity index (χ1) is 14.6. The molecule has 2 fully saturated rings. The zero-order chi connectivity index (χ0) is 22.6. The summed E-state index contributed by atoms with van der Waals surface area (Å²) in [5.74, 6) is -2.40. The quantitative estimate of drug-likeness (QED) is 0.573. The summed E-state index contributed by atoms with van der Waals surface area (Å²) in [4.78, 5) is 37.5. The Hall–Kier alpha value is -2.61. The first-order valence-electron chi connectivity index (χ1n) is 10.5. The standard InChI is InChI=1S/C23H28O8/c1-12(24)30-16-9-15(20(26)28-4)22(2)7-5-14-21(27)31-17(13-6-8-29-11-13)10-23(14,3)19(22)18(16)25/h6,8-9,11,14,16-19,25H,5,7,10H2,1-4H3/t14-,16-,17-,18-,19?,22-,23-/m0/s1. The Morgan fingerprint density at radius 3 is 2.65 bits per heavy atom. The van der Waals surface area contributed by atoms with Crippen molar-refractivity contribution in [3.63, 3.8) is 0 Å². The molecule has 4 rings (SSSR count). The molecule has 0 bridgehead atoms. The molecule has 0 spiro atoms. The Morgan fingerprint density at radius 1 is 1.29 bits per heavy atom. The van der Waals surface area contributed by atoms with Crippen molar-refractivity contribution in [1.82, 2.24) is 0 Å². The van der Waals surface area contributed by atoms with Gasteiger partial charge in [0.15, 0.2) is 0 Å². The van der Waals surface area contributed by atoms with Gasteiger partial charge in [0.2, 0.25) is 0 Å². The van der Waals surface area contributed by atoms with Crippen LogP contribution in [-0.2, 0) is 28.6 Å². The fourth-order valence-corrected chi connectivity index (χ4v) is 6.26. The second-order valence-corrected chi connectivity index (χ2v) is 9.32. The van der Waals surface area contributed by atoms with Gasteiger partial charge in [0.25, 0.3) is 0 Å². The molecular weight excluding hydrogens is 404 g/mol. The molecule has 2 heterocycles. The molecule has 3 aliphatic rings. The molecule has 1 saturated carbocycles. The van der Waals surface area contributed by atoms with Crippen LogP contribution in [0.4, 0.5) is 0 Å². The van der Waals surface area contributed by atoms with E-state index in [-0.39, 0.29) is 5.97 Å². The topological polar surface area (TPSA) is 112 Å². The van der Waals surface area contributed by atoms with Gasteiger partial charge in [-0.3, -0.25) is 9.59 Å². The molecule has 31 heavy (non-hydrogen) atoms. The number of hydrogen-bond donors (Lipinski definition) is 1. The normalized spacial score (nSPS) is 39.5. The summed E-state index contributed by atoms with van der Waals surface area (Å²) in [7, 11) is 1.30. The van der Waals surface area contributed by atoms with Crippen LogP contribution in [0.2, 0.25) is 0 Å². The highest BCUT2D eigenvalue weighted by Gasteiger charge is 2.65. The monoisotopic (exact) mass is 432 g/mol. The molecule has 1 aromatic heterocycles. The first-order valence-corrected chi connectivity index (χ1v) is 10.5. The van der Waals surface area contributed by atoms with Gasteiger partial charge in [-0.2, -0.15) is 0 Å². The van der Waals surface area contributed by atoms with Crippen molar-refractivity contribution in [3.05, 3.63) is 35.8 Å². The molecule has 7 atom stereocenters. The Balaban J connectivity index is 1.82. The lowest BCUT2D eigenvalue weighted by molar-refractivity contribution is -0.210. The van der Waals surface area contributed by atoms with E-state index in [1.807, 2.05) is 13.8 Å². The Labute approximate surface area is 180 Å². The molecule has 168 valence electrons. The van der Waals surface area contributed by atoms with Crippen LogP contribution in [0.3, 0.4) is 0 Å². The lowest BCUT2D eigenvalue weighted by Gasteiger charge is -2.61. The Kier molecular flexibility index (Phi) is 5.24. The van der Waals surface area contributed by atoms with E-state index in [0.717, 1.165) is 5.56 Å². The summed E-state index contributed by atoms with van der Waals surface area (Å²) in [6.07, 6.45) is 3.40. The molecule has 1 unspecified atom stereocenters. The molecule has 8 nitrogen and oxygen atoms in total. The summed E-state index contributed by atoms with van der Waals surface area (Å²) in [5.41, 5.74) is -0.358. The SMILES string of the molecule is COC(=O)C1=C[C@H](OC(C)=O)[C@H](O)C2[C@@]1(C)CC[C@H]1C(=O)O[C@H](c3ccoc3)C[C@]21C. The minimum Gasteiger partial charge on any atom is -0.472 e. The van der Waals surface area contributed by atoms with E-state index in [4.69, 9.17) is 18.6 Å². The summed E-state index contributed by atoms with van der Waals surface area (Å²) >= 11 is 0. The second kappa shape index (κ2) is 7.51. The summed E-state index contributed by atoms with van der Waals surface area (Å²) in [6.45, 7) is 5.13. The van der Waals surface area contributed by atoms with E-state index in [0.29, 0.717) is 24.8 Å². The number of esters is 3. The zero-order valence-corrected chi connectivity index (χ0v) is 18.1. The van der Waals surface area contributed by atoms with E-state index in [1.54, 1.807) is 12.3 Å². The highest BCUT2D eigenvalue weighted by Crippen LogP contribution is 2.65. The van der Waals surface area contributed by atoms with Crippen molar-refractivity contribution < 1.29 is 38.1 Å². The number of hydrogen-bond acceptors (Lipinski definition) is 8. The van der Waals surface area contributed by atoms with Crippen LogP contribution in [0.1, 0.15) is 51.7 Å². The van der Waals surface area contributed by atoms with Gasteiger partial charge in [-0.15, -0.1) is 0 Å². The molecule has 0 amide bonds. The number of ether oxygens (including phenoxy) is 3. The van der Waals surface area contributed by atoms with Crippen molar-refractivity contribution in [1.29, 1.82) is 0 Å². The largest absolute Gasteiger partial charge is 0.472 e. The summed E-state index contributed by atoms with van der Waals surface area (Å²) in [6, 6.07) is 1.75. The van der Waals surface area contributed by atoms with Crippen LogP contribution in [0.25, 0.3) is 0 Å². The highest BCUT2D eigenvalue weighted by molar-refractivity contribution is 5.91. The van der Waals surface area contributed by atoms with E-state index in [2.05, 4.69) is 0 Å². The van der Waals surface area contributed by atoms with Crippen molar-refractivity contribution in [2.45, 2.75) is 58.3 Å². The average Bonchev–Trinajstić information content (AvgIpc) is 3.23. The fourth-order valence-electron chi connectivity index (χ4n) is 6.26. The number of fused-ring (bicyclic) bond motifs is 3. The van der Waals surface area contributed by atoms with E-state index in [9.17, 15) is 19.5 Å². The maximum Gasteiger partial charge on any atom is 0.334 e. The number of aliphatic hydroxyl groups excluding tert-OH is 1. The maximum atomic E-state index is 13.0. The maximum absolute atomic E-state index is 13.0. The first kappa shape index (κ1) is 21.6. The Bertz CT molecular complexity index is 918. The molecular formula is C23H28O8. The predicted molar refractivity (Wildman–Crippen MR) is 106 cm³/mol. The van der Waals surface area contributed by atoms with Crippen molar-refractivity contribution in [3.8, 4) is 0 Å². The third-order valence-corrected chi connectivity index (χ3v) is 7.56. The molecule has 1 aromatic rings. The van der Waals surface area contributed by atoms with Gasteiger partial charge in [-0.1, -0.05) is 13.8 Å². The Morgan fingerprint density at radius 2 is 2.03 bits per heavy atom. The smallest absolute Gasteiger partial charge is 0.334 e. The fraction of sp³-hybridized carbons (Fsp3) is 0.609. The van der Waals surface area contributed by atoms with Gasteiger partial charge in [0.1, 0.15) is 12.2 Å². The number of carbonyl (C=O) groups is 3.